The van der Waals surface area contributed by atoms with Crippen LogP contribution in [0.15, 0.2) is 109 Å². The van der Waals surface area contributed by atoms with Crippen molar-refractivity contribution in [3.05, 3.63) is 132 Å². The number of benzene rings is 4. The van der Waals surface area contributed by atoms with Gasteiger partial charge >= 0.3 is 0 Å². The van der Waals surface area contributed by atoms with E-state index in [0.717, 1.165) is 44.7 Å². The third-order valence-electron chi connectivity index (χ3n) is 5.31. The zero-order valence-electron chi connectivity index (χ0n) is 18.1. The molecule has 0 radical (unpaired) electrons. The summed E-state index contributed by atoms with van der Waals surface area (Å²) in [6, 6.07) is 34.3. The van der Waals surface area contributed by atoms with Crippen molar-refractivity contribution in [3.8, 4) is 23.3 Å². The van der Waals surface area contributed by atoms with Crippen LogP contribution in [0.2, 0.25) is 0 Å². The van der Waals surface area contributed by atoms with Crippen LogP contribution in [0, 0.1) is 11.8 Å². The normalized spacial score (nSPS) is 10.4. The molecule has 0 amide bonds. The van der Waals surface area contributed by atoms with Gasteiger partial charge in [0.15, 0.2) is 0 Å². The fourth-order valence-corrected chi connectivity index (χ4v) is 3.64. The van der Waals surface area contributed by atoms with Gasteiger partial charge in [-0.1, -0.05) is 90.7 Å². The highest BCUT2D eigenvalue weighted by Crippen LogP contribution is 2.36. The Morgan fingerprint density at radius 1 is 0.576 bits per heavy atom. The molecular weight excluding hydrogens is 406 g/mol. The van der Waals surface area contributed by atoms with E-state index in [1.165, 1.54) is 0 Å². The number of ether oxygens (including phenoxy) is 2. The van der Waals surface area contributed by atoms with E-state index >= 15 is 0 Å². The topological polar surface area (TPSA) is 34.2 Å². The summed E-state index contributed by atoms with van der Waals surface area (Å²) in [6.07, 6.45) is 1.89. The van der Waals surface area contributed by atoms with Crippen LogP contribution >= 0.6 is 0 Å². The van der Waals surface area contributed by atoms with E-state index in [4.69, 9.17) is 9.47 Å². The molecule has 160 valence electrons. The van der Waals surface area contributed by atoms with Gasteiger partial charge in [0.05, 0.1) is 10.9 Å². The third kappa shape index (κ3) is 5.08. The molecule has 3 heteroatoms. The number of H-pyrrole nitrogens is 1. The van der Waals surface area contributed by atoms with Crippen LogP contribution in [-0.4, -0.2) is 4.98 Å². The van der Waals surface area contributed by atoms with E-state index in [-0.39, 0.29) is 0 Å². The summed E-state index contributed by atoms with van der Waals surface area (Å²) in [5.41, 5.74) is 5.01. The summed E-state index contributed by atoms with van der Waals surface area (Å²) >= 11 is 0. The molecule has 0 saturated heterocycles. The Kier molecular flexibility index (Phi) is 6.08. The maximum absolute atomic E-state index is 6.28. The maximum Gasteiger partial charge on any atom is 0.148 e. The number of nitrogens with one attached hydrogen (secondary N) is 1. The zero-order valence-corrected chi connectivity index (χ0v) is 18.1. The first-order chi connectivity index (χ1) is 16.3. The molecule has 0 spiro atoms. The Bertz CT molecular complexity index is 1400. The Morgan fingerprint density at radius 3 is 1.76 bits per heavy atom. The molecule has 3 nitrogen and oxygen atoms in total. The lowest BCUT2D eigenvalue weighted by molar-refractivity contribution is 0.298. The molecule has 0 aliphatic heterocycles. The van der Waals surface area contributed by atoms with Gasteiger partial charge in [-0.15, -0.1) is 0 Å². The standard InChI is InChI=1S/C30H23NO2/c1-4-10-23(11-5-1)16-17-26-18-27-30(28(19-26)32-21-24-12-6-2-7-13-24)29(20-31-27)33-22-25-14-8-3-9-15-25/h1-15,18-20,31H,21-22H2. The minimum atomic E-state index is 0.467. The van der Waals surface area contributed by atoms with Crippen molar-refractivity contribution in [3.63, 3.8) is 0 Å². The van der Waals surface area contributed by atoms with Gasteiger partial charge in [-0.2, -0.15) is 0 Å². The summed E-state index contributed by atoms with van der Waals surface area (Å²) < 4.78 is 12.4. The number of aromatic amines is 1. The molecule has 0 unspecified atom stereocenters. The van der Waals surface area contributed by atoms with E-state index in [2.05, 4.69) is 41.1 Å². The van der Waals surface area contributed by atoms with Crippen LogP contribution in [-0.2, 0) is 13.2 Å². The minimum Gasteiger partial charge on any atom is -0.488 e. The molecule has 0 atom stereocenters. The van der Waals surface area contributed by atoms with Gasteiger partial charge in [-0.25, -0.2) is 0 Å². The fraction of sp³-hybridized carbons (Fsp3) is 0.0667. The number of hydrogen-bond acceptors (Lipinski definition) is 2. The SMILES string of the molecule is C(#Cc1cc(OCc2ccccc2)c2c(OCc3ccccc3)c[nH]c2c1)c1ccccc1. The summed E-state index contributed by atoms with van der Waals surface area (Å²) in [4.78, 5) is 3.33. The van der Waals surface area contributed by atoms with Crippen LogP contribution in [0.25, 0.3) is 10.9 Å². The summed E-state index contributed by atoms with van der Waals surface area (Å²) in [7, 11) is 0. The van der Waals surface area contributed by atoms with E-state index < -0.39 is 0 Å². The van der Waals surface area contributed by atoms with Gasteiger partial charge in [-0.3, -0.25) is 0 Å². The Labute approximate surface area is 193 Å². The first-order valence-corrected chi connectivity index (χ1v) is 10.9. The first kappa shape index (κ1) is 20.5. The van der Waals surface area contributed by atoms with E-state index in [1.807, 2.05) is 85.1 Å². The van der Waals surface area contributed by atoms with Crippen molar-refractivity contribution in [1.82, 2.24) is 4.98 Å². The molecule has 33 heavy (non-hydrogen) atoms. The average Bonchev–Trinajstić information content (AvgIpc) is 3.30. The lowest BCUT2D eigenvalue weighted by atomic mass is 10.1. The number of fused-ring (bicyclic) bond motifs is 1. The Hall–Kier alpha value is -4.42. The highest BCUT2D eigenvalue weighted by atomic mass is 16.5. The van der Waals surface area contributed by atoms with Crippen LogP contribution in [0.1, 0.15) is 22.3 Å². The third-order valence-corrected chi connectivity index (χ3v) is 5.31. The van der Waals surface area contributed by atoms with Gasteiger partial charge in [0.2, 0.25) is 0 Å². The second-order valence-corrected chi connectivity index (χ2v) is 7.71. The molecular formula is C30H23NO2. The Balaban J connectivity index is 1.48. The quantitative estimate of drug-likeness (QED) is 0.304. The van der Waals surface area contributed by atoms with Crippen LogP contribution in [0.3, 0.4) is 0 Å². The van der Waals surface area contributed by atoms with Gasteiger partial charge in [0.25, 0.3) is 0 Å². The number of aromatic nitrogens is 1. The van der Waals surface area contributed by atoms with Crippen molar-refractivity contribution in [1.29, 1.82) is 0 Å². The average molecular weight is 430 g/mol. The molecule has 0 saturated carbocycles. The smallest absolute Gasteiger partial charge is 0.148 e. The molecule has 0 aliphatic rings. The van der Waals surface area contributed by atoms with Crippen LogP contribution < -0.4 is 9.47 Å². The van der Waals surface area contributed by atoms with Gasteiger partial charge in [-0.05, 0) is 35.4 Å². The summed E-state index contributed by atoms with van der Waals surface area (Å²) in [5.74, 6) is 8.01. The van der Waals surface area contributed by atoms with Crippen LogP contribution in [0.4, 0.5) is 0 Å². The second kappa shape index (κ2) is 9.80. The van der Waals surface area contributed by atoms with Crippen molar-refractivity contribution < 1.29 is 9.47 Å². The van der Waals surface area contributed by atoms with Gasteiger partial charge in [0.1, 0.15) is 24.7 Å². The highest BCUT2D eigenvalue weighted by Gasteiger charge is 2.13. The van der Waals surface area contributed by atoms with Crippen molar-refractivity contribution in [2.24, 2.45) is 0 Å². The fourth-order valence-electron chi connectivity index (χ4n) is 3.64. The zero-order chi connectivity index (χ0) is 22.3. The van der Waals surface area contributed by atoms with Gasteiger partial charge < -0.3 is 14.5 Å². The predicted octanol–water partition coefficient (Wildman–Crippen LogP) is 6.73. The predicted molar refractivity (Wildman–Crippen MR) is 132 cm³/mol. The molecule has 1 heterocycles. The molecule has 4 aromatic carbocycles. The summed E-state index contributed by atoms with van der Waals surface area (Å²) in [6.45, 7) is 0.955. The van der Waals surface area contributed by atoms with Crippen molar-refractivity contribution in [2.45, 2.75) is 13.2 Å². The lowest BCUT2D eigenvalue weighted by Crippen LogP contribution is -1.98. The second-order valence-electron chi connectivity index (χ2n) is 7.71. The van der Waals surface area contributed by atoms with Crippen molar-refractivity contribution >= 4 is 10.9 Å². The molecule has 0 fully saturated rings. The van der Waals surface area contributed by atoms with E-state index in [1.54, 1.807) is 0 Å². The first-order valence-electron chi connectivity index (χ1n) is 10.9. The summed E-state index contributed by atoms with van der Waals surface area (Å²) in [5, 5.41) is 0.923. The molecule has 5 rings (SSSR count). The highest BCUT2D eigenvalue weighted by molar-refractivity contribution is 5.93. The number of rotatable bonds is 6. The van der Waals surface area contributed by atoms with E-state index in [0.29, 0.717) is 13.2 Å². The minimum absolute atomic E-state index is 0.467. The Morgan fingerprint density at radius 2 is 1.12 bits per heavy atom. The monoisotopic (exact) mass is 429 g/mol. The molecule has 5 aromatic rings. The molecule has 0 aliphatic carbocycles. The van der Waals surface area contributed by atoms with Crippen LogP contribution in [0.5, 0.6) is 11.5 Å². The number of hydrogen-bond donors (Lipinski definition) is 1. The maximum atomic E-state index is 6.28. The van der Waals surface area contributed by atoms with Gasteiger partial charge in [0, 0.05) is 17.3 Å². The lowest BCUT2D eigenvalue weighted by Gasteiger charge is -2.11. The van der Waals surface area contributed by atoms with Crippen molar-refractivity contribution in [2.75, 3.05) is 0 Å². The molecule has 1 aromatic heterocycles. The molecule has 0 bridgehead atoms. The molecule has 1 N–H and O–H groups in total. The van der Waals surface area contributed by atoms with E-state index in [9.17, 15) is 0 Å². The largest absolute Gasteiger partial charge is 0.488 e.